The van der Waals surface area contributed by atoms with Gasteiger partial charge in [0.2, 0.25) is 5.91 Å². The van der Waals surface area contributed by atoms with Gasteiger partial charge in [0.25, 0.3) is 5.69 Å². The lowest BCUT2D eigenvalue weighted by molar-refractivity contribution is -0.384. The number of rotatable bonds is 5. The molecule has 0 atom stereocenters. The van der Waals surface area contributed by atoms with Crippen LogP contribution in [-0.2, 0) is 4.79 Å². The van der Waals surface area contributed by atoms with Crippen molar-refractivity contribution in [2.45, 2.75) is 6.92 Å². The molecule has 1 rings (SSSR count). The zero-order chi connectivity index (χ0) is 13.7. The monoisotopic (exact) mass is 252 g/mol. The Morgan fingerprint density at radius 2 is 2.17 bits per heavy atom. The maximum Gasteiger partial charge on any atom is 0.273 e. The molecular weight excluding hydrogens is 236 g/mol. The zero-order valence-electron chi connectivity index (χ0n) is 10.3. The summed E-state index contributed by atoms with van der Waals surface area (Å²) in [4.78, 5) is 23.2. The molecule has 0 unspecified atom stereocenters. The van der Waals surface area contributed by atoms with Crippen LogP contribution in [0.2, 0.25) is 0 Å². The summed E-state index contributed by atoms with van der Waals surface area (Å²) in [5.74, 6) is -0.148. The molecule has 7 nitrogen and oxygen atoms in total. The van der Waals surface area contributed by atoms with Crippen molar-refractivity contribution in [1.29, 1.82) is 0 Å². The first-order valence-corrected chi connectivity index (χ1v) is 5.46. The molecular formula is C11H16N4O3. The first-order valence-electron chi connectivity index (χ1n) is 5.46. The Bertz CT molecular complexity index is 462. The highest BCUT2D eigenvalue weighted by atomic mass is 16.6. The molecule has 0 aliphatic carbocycles. The van der Waals surface area contributed by atoms with Gasteiger partial charge in [-0.2, -0.15) is 0 Å². The SMILES string of the molecule is CCNC(=O)CN(C)c1cc(N)cc([N+](=O)[O-])c1. The quantitative estimate of drug-likeness (QED) is 0.457. The minimum atomic E-state index is -0.514. The van der Waals surface area contributed by atoms with Gasteiger partial charge in [0.15, 0.2) is 0 Å². The van der Waals surface area contributed by atoms with E-state index >= 15 is 0 Å². The summed E-state index contributed by atoms with van der Waals surface area (Å²) in [6, 6.07) is 4.26. The number of nitrogen functional groups attached to an aromatic ring is 1. The number of nitrogens with one attached hydrogen (secondary N) is 1. The number of nitrogens with zero attached hydrogens (tertiary/aromatic N) is 2. The molecule has 0 saturated heterocycles. The predicted octanol–water partition coefficient (Wildman–Crippen LogP) is 0.749. The van der Waals surface area contributed by atoms with Crippen LogP contribution < -0.4 is 16.0 Å². The van der Waals surface area contributed by atoms with E-state index in [4.69, 9.17) is 5.73 Å². The number of nitro benzene ring substituents is 1. The van der Waals surface area contributed by atoms with E-state index in [1.54, 1.807) is 18.0 Å². The summed E-state index contributed by atoms with van der Waals surface area (Å²) in [5.41, 5.74) is 6.33. The standard InChI is InChI=1S/C11H16N4O3/c1-3-13-11(16)7-14(2)9-4-8(12)5-10(6-9)15(17)18/h4-6H,3,7,12H2,1-2H3,(H,13,16). The van der Waals surface area contributed by atoms with Gasteiger partial charge in [-0.25, -0.2) is 0 Å². The second-order valence-corrected chi connectivity index (χ2v) is 3.85. The number of non-ortho nitro benzene ring substituents is 1. The molecule has 1 amide bonds. The summed E-state index contributed by atoms with van der Waals surface area (Å²) < 4.78 is 0. The Kier molecular flexibility index (Phi) is 4.47. The Morgan fingerprint density at radius 3 is 2.72 bits per heavy atom. The maximum atomic E-state index is 11.4. The number of hydrogen-bond donors (Lipinski definition) is 2. The van der Waals surface area contributed by atoms with E-state index < -0.39 is 4.92 Å². The van der Waals surface area contributed by atoms with E-state index in [-0.39, 0.29) is 18.1 Å². The predicted molar refractivity (Wildman–Crippen MR) is 69.5 cm³/mol. The van der Waals surface area contributed by atoms with Crippen LogP contribution in [0.5, 0.6) is 0 Å². The lowest BCUT2D eigenvalue weighted by Gasteiger charge is -2.18. The first-order chi connectivity index (χ1) is 8.43. The number of amides is 1. The molecule has 0 aliphatic heterocycles. The minimum Gasteiger partial charge on any atom is -0.398 e. The second-order valence-electron chi connectivity index (χ2n) is 3.85. The van der Waals surface area contributed by atoms with Gasteiger partial charge in [0.05, 0.1) is 11.5 Å². The summed E-state index contributed by atoms with van der Waals surface area (Å²) in [7, 11) is 1.67. The lowest BCUT2D eigenvalue weighted by atomic mass is 10.2. The smallest absolute Gasteiger partial charge is 0.273 e. The summed E-state index contributed by atoms with van der Waals surface area (Å²) in [6.45, 7) is 2.49. The molecule has 0 radical (unpaired) electrons. The molecule has 0 aromatic heterocycles. The van der Waals surface area contributed by atoms with Crippen LogP contribution in [0, 0.1) is 10.1 Å². The molecule has 0 aliphatic rings. The topological polar surface area (TPSA) is 102 Å². The van der Waals surface area contributed by atoms with Crippen LogP contribution in [0.25, 0.3) is 0 Å². The van der Waals surface area contributed by atoms with Crippen LogP contribution in [-0.4, -0.2) is 31.0 Å². The fourth-order valence-electron chi connectivity index (χ4n) is 1.50. The first kappa shape index (κ1) is 13.8. The highest BCUT2D eigenvalue weighted by Gasteiger charge is 2.12. The highest BCUT2D eigenvalue weighted by Crippen LogP contribution is 2.24. The number of hydrogen-bond acceptors (Lipinski definition) is 5. The van der Waals surface area contributed by atoms with Gasteiger partial charge in [0, 0.05) is 37.1 Å². The molecule has 1 aromatic rings. The third-order valence-electron chi connectivity index (χ3n) is 2.33. The average Bonchev–Trinajstić information content (AvgIpc) is 2.28. The van der Waals surface area contributed by atoms with E-state index in [9.17, 15) is 14.9 Å². The molecule has 98 valence electrons. The normalized spacial score (nSPS) is 9.89. The fourth-order valence-corrected chi connectivity index (χ4v) is 1.50. The molecule has 0 heterocycles. The van der Waals surface area contributed by atoms with E-state index in [2.05, 4.69) is 5.32 Å². The molecule has 3 N–H and O–H groups in total. The summed E-state index contributed by atoms with van der Waals surface area (Å²) in [5, 5.41) is 13.4. The molecule has 0 spiro atoms. The van der Waals surface area contributed by atoms with E-state index in [0.717, 1.165) is 0 Å². The Morgan fingerprint density at radius 1 is 1.50 bits per heavy atom. The van der Waals surface area contributed by atoms with Gasteiger partial charge < -0.3 is 16.0 Å². The van der Waals surface area contributed by atoms with Gasteiger partial charge in [0.1, 0.15) is 0 Å². The van der Waals surface area contributed by atoms with Crippen LogP contribution in [0.1, 0.15) is 6.92 Å². The molecule has 1 aromatic carbocycles. The van der Waals surface area contributed by atoms with Gasteiger partial charge >= 0.3 is 0 Å². The number of anilines is 2. The van der Waals surface area contributed by atoms with Crippen molar-refractivity contribution in [1.82, 2.24) is 5.32 Å². The van der Waals surface area contributed by atoms with Crippen LogP contribution >= 0.6 is 0 Å². The van der Waals surface area contributed by atoms with E-state index in [1.807, 2.05) is 6.92 Å². The fraction of sp³-hybridized carbons (Fsp3) is 0.364. The van der Waals surface area contributed by atoms with Crippen molar-refractivity contribution in [3.05, 3.63) is 28.3 Å². The van der Waals surface area contributed by atoms with Gasteiger partial charge in [-0.1, -0.05) is 0 Å². The molecule has 0 saturated carbocycles. The molecule has 0 fully saturated rings. The number of likely N-dealkylation sites (N-methyl/N-ethyl adjacent to an activating group) is 2. The Hall–Kier alpha value is -2.31. The third-order valence-corrected chi connectivity index (χ3v) is 2.33. The zero-order valence-corrected chi connectivity index (χ0v) is 10.3. The van der Waals surface area contributed by atoms with Gasteiger partial charge in [-0.05, 0) is 13.0 Å². The van der Waals surface area contributed by atoms with Crippen molar-refractivity contribution < 1.29 is 9.72 Å². The second kappa shape index (κ2) is 5.85. The van der Waals surface area contributed by atoms with Crippen LogP contribution in [0.4, 0.5) is 17.1 Å². The van der Waals surface area contributed by atoms with Crippen molar-refractivity contribution in [2.75, 3.05) is 30.8 Å². The van der Waals surface area contributed by atoms with E-state index in [1.165, 1.54) is 12.1 Å². The summed E-state index contributed by atoms with van der Waals surface area (Å²) in [6.07, 6.45) is 0. The number of carbonyl (C=O) groups excluding carboxylic acids is 1. The molecule has 0 bridgehead atoms. The third kappa shape index (κ3) is 3.62. The number of carbonyl (C=O) groups is 1. The molecule has 7 heteroatoms. The average molecular weight is 252 g/mol. The Labute approximate surface area is 105 Å². The van der Waals surface area contributed by atoms with Crippen molar-refractivity contribution >= 4 is 23.0 Å². The minimum absolute atomic E-state index is 0.0900. The van der Waals surface area contributed by atoms with Gasteiger partial charge in [-0.3, -0.25) is 14.9 Å². The van der Waals surface area contributed by atoms with Crippen molar-refractivity contribution in [3.8, 4) is 0 Å². The highest BCUT2D eigenvalue weighted by molar-refractivity contribution is 5.81. The number of nitro groups is 1. The summed E-state index contributed by atoms with van der Waals surface area (Å²) >= 11 is 0. The maximum absolute atomic E-state index is 11.4. The van der Waals surface area contributed by atoms with Crippen LogP contribution in [0.15, 0.2) is 18.2 Å². The van der Waals surface area contributed by atoms with Crippen molar-refractivity contribution in [2.24, 2.45) is 0 Å². The van der Waals surface area contributed by atoms with Crippen LogP contribution in [0.3, 0.4) is 0 Å². The molecule has 18 heavy (non-hydrogen) atoms. The van der Waals surface area contributed by atoms with Crippen molar-refractivity contribution in [3.63, 3.8) is 0 Å². The van der Waals surface area contributed by atoms with Gasteiger partial charge in [-0.15, -0.1) is 0 Å². The number of nitrogens with two attached hydrogens (primary N) is 1. The lowest BCUT2D eigenvalue weighted by Crippen LogP contribution is -2.34. The number of benzene rings is 1. The largest absolute Gasteiger partial charge is 0.398 e. The Balaban J connectivity index is 2.88. The van der Waals surface area contributed by atoms with E-state index in [0.29, 0.717) is 17.9 Å².